The van der Waals surface area contributed by atoms with Gasteiger partial charge in [0.05, 0.1) is 5.58 Å². The van der Waals surface area contributed by atoms with E-state index in [1.165, 1.54) is 30.4 Å². The fourth-order valence-corrected chi connectivity index (χ4v) is 5.98. The van der Waals surface area contributed by atoms with E-state index in [0.717, 1.165) is 23.9 Å². The standard InChI is InChI=1S/C31H33N2O.C23H24N.Ir/c1-7-23(19-31(4,5)6)12-9-8-10-13-24-18-28(32-20-21(24)2)27-15-11-14-25-26-17-16-22(3)33-30(26)34-29(25)27;1-17-10-12-20(14-21(17)19-8-6-5-7-9-19)22-13-11-18(16-24-22)15-23(2,3)4;/h7-9,11-12,14,16-18,20H,1,10,13,19H2,2-6H3;5-11,13-14,16H,15H2,1-4H3;/q2*-1;/b9-8+,23-12+;;/i2D3,3D3,10D2,13D2,19D2;1D3,15D2;. The fraction of sp³-hybridized carbons (Fsp3) is 0.278. The van der Waals surface area contributed by atoms with Crippen LogP contribution < -0.4 is 0 Å². The smallest absolute Gasteiger partial charge is 0.216 e. The van der Waals surface area contributed by atoms with Gasteiger partial charge in [0.1, 0.15) is 0 Å². The number of benzene rings is 3. The zero-order chi connectivity index (χ0) is 56.1. The number of fused-ring (bicyclic) bond motifs is 3. The molecular formula is C54H57IrN3O-2. The third kappa shape index (κ3) is 12.2. The first-order valence-electron chi connectivity index (χ1n) is 27.2. The normalized spacial score (nSPS) is 17.9. The minimum Gasteiger partial charge on any atom is -0.486 e. The number of nitrogens with zero attached hydrogens (tertiary/aromatic N) is 3. The van der Waals surface area contributed by atoms with Crippen LogP contribution in [0.15, 0.2) is 138 Å². The van der Waals surface area contributed by atoms with Crippen LogP contribution in [0.25, 0.3) is 55.7 Å². The Balaban J connectivity index is 0.000000306. The molecule has 0 atom stereocenters. The molecule has 305 valence electrons. The summed E-state index contributed by atoms with van der Waals surface area (Å²) in [6, 6.07) is 29.5. The van der Waals surface area contributed by atoms with E-state index >= 15 is 0 Å². The van der Waals surface area contributed by atoms with Gasteiger partial charge in [-0.2, -0.15) is 0 Å². The SMILES string of the molecule is [2H]C([2H])([2H])c1c[c-]c(-c2ccc(C([2H])([2H])C(C)(C)C)cn2)cc1-c1ccccc1.[2H]C([2H])([2H])c1ccc2c(n1)oc1c(-c3cc(C([2H])([2H])C([2H])([2H])/C=C/C=C(\C=C)C([2H])([2H])C(C)(C)C)c(C([2H])([2H])[2H])cn3)[c-]ccc12.[Ir]. The second-order valence-electron chi connectivity index (χ2n) is 15.5. The summed E-state index contributed by atoms with van der Waals surface area (Å²) in [6.45, 7) is 6.78. The summed E-state index contributed by atoms with van der Waals surface area (Å²) in [6.07, 6.45) is -1.80. The number of aromatic nitrogens is 3. The van der Waals surface area contributed by atoms with Crippen LogP contribution >= 0.6 is 0 Å². The van der Waals surface area contributed by atoms with E-state index in [-0.39, 0.29) is 59.5 Å². The topological polar surface area (TPSA) is 51.8 Å². The number of allylic oxidation sites excluding steroid dienone is 5. The molecule has 59 heavy (non-hydrogen) atoms. The first-order chi connectivity index (χ1) is 34.3. The van der Waals surface area contributed by atoms with Crippen molar-refractivity contribution in [2.45, 2.75) is 87.6 Å². The van der Waals surface area contributed by atoms with E-state index in [4.69, 9.17) is 27.7 Å². The van der Waals surface area contributed by atoms with Crippen molar-refractivity contribution in [3.63, 3.8) is 0 Å². The number of hydrogen-bond acceptors (Lipinski definition) is 4. The molecule has 0 fully saturated rings. The van der Waals surface area contributed by atoms with Gasteiger partial charge in [0, 0.05) is 66.9 Å². The van der Waals surface area contributed by atoms with Crippen molar-refractivity contribution < 1.29 is 47.8 Å². The molecule has 5 heteroatoms. The van der Waals surface area contributed by atoms with E-state index < -0.39 is 68.0 Å². The van der Waals surface area contributed by atoms with Gasteiger partial charge in [-0.05, 0) is 95.8 Å². The minimum absolute atomic E-state index is 0. The Bertz CT molecular complexity index is 3270. The van der Waals surface area contributed by atoms with Gasteiger partial charge < -0.3 is 14.4 Å². The van der Waals surface area contributed by atoms with Gasteiger partial charge in [-0.1, -0.05) is 150 Å². The number of pyridine rings is 3. The summed E-state index contributed by atoms with van der Waals surface area (Å²) >= 11 is 0. The molecule has 0 N–H and O–H groups in total. The van der Waals surface area contributed by atoms with Crippen LogP contribution in [0.1, 0.15) is 106 Å². The molecule has 0 amide bonds. The number of rotatable bonds is 10. The van der Waals surface area contributed by atoms with Gasteiger partial charge in [-0.25, -0.2) is 4.98 Å². The van der Waals surface area contributed by atoms with E-state index in [0.29, 0.717) is 33.2 Å². The second kappa shape index (κ2) is 19.7. The number of hydrogen-bond donors (Lipinski definition) is 0. The summed E-state index contributed by atoms with van der Waals surface area (Å²) in [7, 11) is 0. The first-order valence-corrected chi connectivity index (χ1v) is 18.7. The van der Waals surface area contributed by atoms with Gasteiger partial charge in [0.25, 0.3) is 0 Å². The molecule has 4 heterocycles. The Morgan fingerprint density at radius 1 is 0.847 bits per heavy atom. The monoisotopic (exact) mass is 974 g/mol. The average Bonchev–Trinajstić information content (AvgIpc) is 3.70. The Morgan fingerprint density at radius 3 is 2.34 bits per heavy atom. The van der Waals surface area contributed by atoms with Crippen LogP contribution in [0.4, 0.5) is 0 Å². The van der Waals surface area contributed by atoms with E-state index in [1.807, 2.05) is 51.1 Å². The summed E-state index contributed by atoms with van der Waals surface area (Å²) in [5.74, 6) is 0. The third-order valence-corrected chi connectivity index (χ3v) is 8.45. The quantitative estimate of drug-likeness (QED) is 0.101. The summed E-state index contributed by atoms with van der Waals surface area (Å²) < 4.78 is 145. The van der Waals surface area contributed by atoms with Crippen molar-refractivity contribution in [2.24, 2.45) is 10.8 Å². The Hall–Kier alpha value is -5.22. The zero-order valence-electron chi connectivity index (χ0n) is 50.8. The van der Waals surface area contributed by atoms with E-state index in [2.05, 4.69) is 33.7 Å². The second-order valence-corrected chi connectivity index (χ2v) is 15.5. The third-order valence-electron chi connectivity index (χ3n) is 8.45. The number of furan rings is 1. The van der Waals surface area contributed by atoms with Crippen molar-refractivity contribution in [3.8, 4) is 33.6 Å². The van der Waals surface area contributed by atoms with Gasteiger partial charge in [0.15, 0.2) is 0 Å². The molecule has 3 aromatic carbocycles. The molecular weight excluding hydrogens is 899 g/mol. The molecule has 0 spiro atoms. The van der Waals surface area contributed by atoms with Gasteiger partial charge in [0.2, 0.25) is 5.71 Å². The molecule has 0 bridgehead atoms. The molecule has 4 aromatic heterocycles. The Labute approximate surface area is 389 Å². The summed E-state index contributed by atoms with van der Waals surface area (Å²) in [5.41, 5.74) is 1.61. The van der Waals surface area contributed by atoms with E-state index in [9.17, 15) is 0 Å². The summed E-state index contributed by atoms with van der Waals surface area (Å²) in [4.78, 5) is 12.8. The molecule has 4 nitrogen and oxygen atoms in total. The van der Waals surface area contributed by atoms with Crippen molar-refractivity contribution >= 4 is 22.1 Å². The molecule has 0 saturated heterocycles. The van der Waals surface area contributed by atoms with Crippen molar-refractivity contribution in [1.29, 1.82) is 0 Å². The van der Waals surface area contributed by atoms with E-state index in [1.54, 1.807) is 63.4 Å². The minimum atomic E-state index is -2.92. The van der Waals surface area contributed by atoms with Crippen molar-refractivity contribution in [2.75, 3.05) is 0 Å². The molecule has 0 aliphatic carbocycles. The summed E-state index contributed by atoms with van der Waals surface area (Å²) in [5, 5.41) is 1.05. The van der Waals surface area contributed by atoms with Gasteiger partial charge in [-0.3, -0.25) is 0 Å². The van der Waals surface area contributed by atoms with Crippen LogP contribution in [-0.2, 0) is 32.9 Å². The zero-order valence-corrected chi connectivity index (χ0v) is 36.2. The molecule has 1 radical (unpaired) electrons. The molecule has 0 unspecified atom stereocenters. The van der Waals surface area contributed by atoms with Crippen LogP contribution in [-0.4, -0.2) is 15.0 Å². The van der Waals surface area contributed by atoms with Gasteiger partial charge in [-0.15, -0.1) is 47.5 Å². The maximum Gasteiger partial charge on any atom is 0.216 e. The predicted octanol–water partition coefficient (Wildman–Crippen LogP) is 14.6. The Kier molecular flexibility index (Phi) is 8.94. The van der Waals surface area contributed by atoms with Gasteiger partial charge >= 0.3 is 0 Å². The van der Waals surface area contributed by atoms with Crippen LogP contribution in [0, 0.1) is 43.5 Å². The van der Waals surface area contributed by atoms with Crippen LogP contribution in [0.5, 0.6) is 0 Å². The molecule has 0 aliphatic heterocycles. The van der Waals surface area contributed by atoms with Crippen LogP contribution in [0.3, 0.4) is 0 Å². The van der Waals surface area contributed by atoms with Crippen molar-refractivity contribution in [1.82, 2.24) is 15.0 Å². The van der Waals surface area contributed by atoms with Crippen molar-refractivity contribution in [3.05, 3.63) is 174 Å². The van der Waals surface area contributed by atoms with Crippen LogP contribution in [0.2, 0.25) is 0 Å². The number of aryl methyl sites for hydroxylation is 4. The Morgan fingerprint density at radius 2 is 1.64 bits per heavy atom. The maximum atomic E-state index is 8.89. The average molecular weight is 973 g/mol. The molecule has 0 saturated carbocycles. The maximum absolute atomic E-state index is 8.89. The molecule has 0 aliphatic rings. The predicted molar refractivity (Wildman–Crippen MR) is 245 cm³/mol. The largest absolute Gasteiger partial charge is 0.486 e. The fourth-order valence-electron chi connectivity index (χ4n) is 5.98. The molecule has 7 rings (SSSR count). The first kappa shape index (κ1) is 26.8. The molecule has 7 aromatic rings.